The molecule has 0 aliphatic heterocycles. The van der Waals surface area contributed by atoms with E-state index in [-0.39, 0.29) is 21.6 Å². The van der Waals surface area contributed by atoms with Crippen LogP contribution in [-0.2, 0) is 9.53 Å². The van der Waals surface area contributed by atoms with Crippen LogP contribution in [0.2, 0.25) is 10.0 Å². The predicted octanol–water partition coefficient (Wildman–Crippen LogP) is 3.47. The molecule has 0 saturated heterocycles. The monoisotopic (exact) mass is 338 g/mol. The normalized spacial score (nSPS) is 12.0. The van der Waals surface area contributed by atoms with Crippen LogP contribution in [0.1, 0.15) is 26.7 Å². The van der Waals surface area contributed by atoms with E-state index in [1.54, 1.807) is 0 Å². The van der Waals surface area contributed by atoms with Crippen molar-refractivity contribution >= 4 is 34.9 Å². The molecule has 1 atom stereocenters. The Morgan fingerprint density at radius 1 is 1.43 bits per heavy atom. The van der Waals surface area contributed by atoms with Crippen LogP contribution < -0.4 is 10.5 Å². The molecule has 0 aliphatic rings. The number of anilines is 1. The molecule has 1 heterocycles. The summed E-state index contributed by atoms with van der Waals surface area (Å²) in [6, 6.07) is 0. The molecule has 0 aromatic carbocycles. The molecule has 0 saturated carbocycles. The molecule has 1 aromatic heterocycles. The van der Waals surface area contributed by atoms with Gasteiger partial charge in [0.25, 0.3) is 0 Å². The zero-order valence-electron chi connectivity index (χ0n) is 11.8. The summed E-state index contributed by atoms with van der Waals surface area (Å²) in [4.78, 5) is 14.9. The Labute approximate surface area is 132 Å². The van der Waals surface area contributed by atoms with Crippen LogP contribution in [0.15, 0.2) is 0 Å². The number of halogens is 3. The molecule has 0 spiro atoms. The summed E-state index contributed by atoms with van der Waals surface area (Å²) >= 11 is 11.3. The van der Waals surface area contributed by atoms with E-state index in [1.165, 1.54) is 0 Å². The number of pyridine rings is 1. The fourth-order valence-corrected chi connectivity index (χ4v) is 1.73. The number of carbonyl (C=O) groups is 1. The highest BCUT2D eigenvalue weighted by molar-refractivity contribution is 6.39. The summed E-state index contributed by atoms with van der Waals surface area (Å²) in [6.45, 7) is 3.99. The molecule has 0 aliphatic carbocycles. The Morgan fingerprint density at radius 2 is 2.10 bits per heavy atom. The predicted molar refractivity (Wildman–Crippen MR) is 79.2 cm³/mol. The maximum atomic E-state index is 13.3. The summed E-state index contributed by atoms with van der Waals surface area (Å²) in [7, 11) is 0. The lowest BCUT2D eigenvalue weighted by Gasteiger charge is -2.11. The van der Waals surface area contributed by atoms with Gasteiger partial charge in [-0.15, -0.1) is 0 Å². The van der Waals surface area contributed by atoms with Crippen LogP contribution in [-0.4, -0.2) is 24.2 Å². The summed E-state index contributed by atoms with van der Waals surface area (Å²) in [5.41, 5.74) is 5.29. The van der Waals surface area contributed by atoms with E-state index in [9.17, 15) is 9.18 Å². The summed E-state index contributed by atoms with van der Waals surface area (Å²) in [6.07, 6.45) is 1.78. The van der Waals surface area contributed by atoms with E-state index in [2.05, 4.69) is 18.8 Å². The minimum absolute atomic E-state index is 0.145. The molecule has 21 heavy (non-hydrogen) atoms. The number of nitrogens with two attached hydrogens (primary N) is 1. The van der Waals surface area contributed by atoms with E-state index in [0.29, 0.717) is 12.5 Å². The first-order chi connectivity index (χ1) is 9.86. The highest BCUT2D eigenvalue weighted by Crippen LogP contribution is 2.35. The molecule has 1 rings (SSSR count). The second-order valence-electron chi connectivity index (χ2n) is 4.56. The molecule has 1 unspecified atom stereocenters. The topological polar surface area (TPSA) is 74.4 Å². The SMILES string of the molecule is CCC(C)CCOC(=O)COc1nc(F)c(Cl)c(N)c1Cl. The van der Waals surface area contributed by atoms with E-state index in [1.807, 2.05) is 0 Å². The maximum absolute atomic E-state index is 13.3. The first kappa shape index (κ1) is 17.8. The molecular formula is C13H17Cl2FN2O3. The fraction of sp³-hybridized carbons (Fsp3) is 0.538. The van der Waals surface area contributed by atoms with Crippen molar-refractivity contribution in [2.24, 2.45) is 5.92 Å². The highest BCUT2D eigenvalue weighted by atomic mass is 35.5. The Balaban J connectivity index is 2.50. The highest BCUT2D eigenvalue weighted by Gasteiger charge is 2.17. The summed E-state index contributed by atoms with van der Waals surface area (Å²) < 4.78 is 23.3. The number of rotatable bonds is 7. The summed E-state index contributed by atoms with van der Waals surface area (Å²) in [5.74, 6) is -1.43. The van der Waals surface area contributed by atoms with Crippen molar-refractivity contribution in [3.05, 3.63) is 16.0 Å². The van der Waals surface area contributed by atoms with Crippen LogP contribution in [0.5, 0.6) is 5.88 Å². The largest absolute Gasteiger partial charge is 0.464 e. The van der Waals surface area contributed by atoms with Gasteiger partial charge in [-0.1, -0.05) is 43.5 Å². The zero-order valence-corrected chi connectivity index (χ0v) is 13.3. The van der Waals surface area contributed by atoms with Gasteiger partial charge < -0.3 is 15.2 Å². The average Bonchev–Trinajstić information content (AvgIpc) is 2.47. The molecule has 8 heteroatoms. The van der Waals surface area contributed by atoms with Crippen LogP contribution >= 0.6 is 23.2 Å². The second kappa shape index (κ2) is 8.24. The lowest BCUT2D eigenvalue weighted by molar-refractivity contribution is -0.146. The Hall–Kier alpha value is -1.27. The molecule has 1 aromatic rings. The van der Waals surface area contributed by atoms with E-state index < -0.39 is 18.5 Å². The van der Waals surface area contributed by atoms with Crippen LogP contribution in [0.25, 0.3) is 0 Å². The van der Waals surface area contributed by atoms with Gasteiger partial charge in [0.2, 0.25) is 11.8 Å². The number of hydrogen-bond acceptors (Lipinski definition) is 5. The molecule has 2 N–H and O–H groups in total. The third-order valence-electron chi connectivity index (χ3n) is 2.94. The first-order valence-electron chi connectivity index (χ1n) is 6.45. The number of esters is 1. The van der Waals surface area contributed by atoms with E-state index in [4.69, 9.17) is 38.4 Å². The van der Waals surface area contributed by atoms with Crippen molar-refractivity contribution in [2.45, 2.75) is 26.7 Å². The molecule has 118 valence electrons. The average molecular weight is 339 g/mol. The van der Waals surface area contributed by atoms with Crippen molar-refractivity contribution in [1.82, 2.24) is 4.98 Å². The molecule has 0 fully saturated rings. The third-order valence-corrected chi connectivity index (χ3v) is 3.66. The lowest BCUT2D eigenvalue weighted by Crippen LogP contribution is -2.17. The van der Waals surface area contributed by atoms with Crippen LogP contribution in [0.4, 0.5) is 10.1 Å². The van der Waals surface area contributed by atoms with Gasteiger partial charge in [-0.25, -0.2) is 4.79 Å². The molecule has 0 amide bonds. The van der Waals surface area contributed by atoms with Crippen LogP contribution in [0, 0.1) is 11.9 Å². The Bertz CT molecular complexity index is 515. The third kappa shape index (κ3) is 5.21. The van der Waals surface area contributed by atoms with Gasteiger partial charge in [-0.05, 0) is 12.3 Å². The number of aromatic nitrogens is 1. The second-order valence-corrected chi connectivity index (χ2v) is 5.32. The number of nitrogens with zero attached hydrogens (tertiary/aromatic N) is 1. The van der Waals surface area contributed by atoms with Crippen molar-refractivity contribution in [3.63, 3.8) is 0 Å². The quantitative estimate of drug-likeness (QED) is 0.608. The minimum Gasteiger partial charge on any atom is -0.464 e. The number of ether oxygens (including phenoxy) is 2. The number of carbonyl (C=O) groups excluding carboxylic acids is 1. The smallest absolute Gasteiger partial charge is 0.344 e. The van der Waals surface area contributed by atoms with Gasteiger partial charge in [0.05, 0.1) is 12.3 Å². The number of hydrogen-bond donors (Lipinski definition) is 1. The standard InChI is InChI=1S/C13H17Cl2FN2O3/c1-3-7(2)4-5-20-8(19)6-21-13-10(15)11(17)9(14)12(16)18-13/h7H,3-6H2,1-2H3,(H2,17,18). The van der Waals surface area contributed by atoms with E-state index >= 15 is 0 Å². The zero-order chi connectivity index (χ0) is 16.0. The minimum atomic E-state index is -1.02. The maximum Gasteiger partial charge on any atom is 0.344 e. The van der Waals surface area contributed by atoms with Gasteiger partial charge in [-0.2, -0.15) is 9.37 Å². The van der Waals surface area contributed by atoms with Crippen molar-refractivity contribution < 1.29 is 18.7 Å². The van der Waals surface area contributed by atoms with Gasteiger partial charge in [0.15, 0.2) is 6.61 Å². The Morgan fingerprint density at radius 3 is 2.71 bits per heavy atom. The van der Waals surface area contributed by atoms with Gasteiger partial charge in [0, 0.05) is 0 Å². The van der Waals surface area contributed by atoms with Gasteiger partial charge >= 0.3 is 5.97 Å². The van der Waals surface area contributed by atoms with Crippen LogP contribution in [0.3, 0.4) is 0 Å². The van der Waals surface area contributed by atoms with Crippen molar-refractivity contribution in [1.29, 1.82) is 0 Å². The summed E-state index contributed by atoms with van der Waals surface area (Å²) in [5, 5.41) is -0.530. The van der Waals surface area contributed by atoms with Crippen molar-refractivity contribution in [3.8, 4) is 5.88 Å². The van der Waals surface area contributed by atoms with Crippen molar-refractivity contribution in [2.75, 3.05) is 18.9 Å². The molecule has 5 nitrogen and oxygen atoms in total. The molecular weight excluding hydrogens is 322 g/mol. The molecule has 0 bridgehead atoms. The molecule has 0 radical (unpaired) electrons. The Kier molecular flexibility index (Phi) is 6.98. The van der Waals surface area contributed by atoms with Gasteiger partial charge in [-0.3, -0.25) is 0 Å². The number of nitrogen functional groups attached to an aromatic ring is 1. The van der Waals surface area contributed by atoms with Gasteiger partial charge in [0.1, 0.15) is 10.0 Å². The van der Waals surface area contributed by atoms with E-state index in [0.717, 1.165) is 12.8 Å². The first-order valence-corrected chi connectivity index (χ1v) is 7.20. The fourth-order valence-electron chi connectivity index (χ4n) is 1.35. The lowest BCUT2D eigenvalue weighted by atomic mass is 10.1.